The van der Waals surface area contributed by atoms with Gasteiger partial charge in [-0.2, -0.15) is 0 Å². The lowest BCUT2D eigenvalue weighted by molar-refractivity contribution is 0.0885. The van der Waals surface area contributed by atoms with Crippen LogP contribution in [0.15, 0.2) is 42.1 Å². The molecule has 1 spiro atoms. The summed E-state index contributed by atoms with van der Waals surface area (Å²) in [7, 11) is 3.35. The molecule has 0 radical (unpaired) electrons. The van der Waals surface area contributed by atoms with Gasteiger partial charge in [-0.25, -0.2) is 4.79 Å². The third kappa shape index (κ3) is 4.23. The summed E-state index contributed by atoms with van der Waals surface area (Å²) >= 11 is 0. The second-order valence-electron chi connectivity index (χ2n) is 11.2. The molecule has 198 valence electrons. The quantitative estimate of drug-likeness (QED) is 0.606. The maximum atomic E-state index is 13.8. The molecule has 37 heavy (non-hydrogen) atoms. The number of likely N-dealkylation sites (N-methyl/N-ethyl adjacent to an activating group) is 1. The number of phenols is 1. The zero-order valence-corrected chi connectivity index (χ0v) is 22.9. The molecule has 0 saturated carbocycles. The van der Waals surface area contributed by atoms with Crippen molar-refractivity contribution < 1.29 is 19.4 Å². The smallest absolute Gasteiger partial charge is 0.325 e. The van der Waals surface area contributed by atoms with E-state index in [0.29, 0.717) is 13.1 Å². The largest absolute Gasteiger partial charge is 0.508 e. The number of aryl methyl sites for hydroxylation is 1. The summed E-state index contributed by atoms with van der Waals surface area (Å²) in [6.45, 7) is 12.2. The van der Waals surface area contributed by atoms with Gasteiger partial charge in [0.25, 0.3) is 0 Å². The maximum absolute atomic E-state index is 13.8. The number of nitrogens with zero attached hydrogens (tertiary/aromatic N) is 3. The Morgan fingerprint density at radius 3 is 2.24 bits per heavy atom. The van der Waals surface area contributed by atoms with Gasteiger partial charge in [0.05, 0.1) is 26.3 Å². The van der Waals surface area contributed by atoms with Crippen LogP contribution in [0.4, 0.5) is 4.79 Å². The average Bonchev–Trinajstić information content (AvgIpc) is 2.99. The number of hydrogen-bond donors (Lipinski definition) is 1. The molecule has 2 fully saturated rings. The van der Waals surface area contributed by atoms with Gasteiger partial charge in [-0.3, -0.25) is 9.80 Å². The van der Waals surface area contributed by atoms with Crippen molar-refractivity contribution in [1.82, 2.24) is 14.7 Å². The summed E-state index contributed by atoms with van der Waals surface area (Å²) in [6.07, 6.45) is 4.09. The summed E-state index contributed by atoms with van der Waals surface area (Å²) in [5, 5.41) is 10.4. The lowest BCUT2D eigenvalue weighted by atomic mass is 9.77. The number of urea groups is 1. The van der Waals surface area contributed by atoms with Gasteiger partial charge in [0, 0.05) is 43.4 Å². The zero-order valence-electron chi connectivity index (χ0n) is 22.9. The van der Waals surface area contributed by atoms with Crippen LogP contribution in [0.2, 0.25) is 0 Å². The highest BCUT2D eigenvalue weighted by Gasteiger charge is 2.55. The van der Waals surface area contributed by atoms with Crippen molar-refractivity contribution >= 4 is 6.03 Å². The zero-order chi connectivity index (χ0) is 26.5. The van der Waals surface area contributed by atoms with Crippen molar-refractivity contribution in [3.8, 4) is 17.2 Å². The molecule has 7 nitrogen and oxygen atoms in total. The Balaban J connectivity index is 1.45. The number of likely N-dealkylation sites (tertiary alicyclic amines) is 1. The van der Waals surface area contributed by atoms with Gasteiger partial charge in [-0.1, -0.05) is 26.0 Å². The number of carbonyl (C=O) groups is 1. The molecule has 0 atom stereocenters. The summed E-state index contributed by atoms with van der Waals surface area (Å²) in [6, 6.07) is 10.0. The summed E-state index contributed by atoms with van der Waals surface area (Å²) < 4.78 is 10.9. The highest BCUT2D eigenvalue weighted by molar-refractivity contribution is 5.83. The first kappa shape index (κ1) is 25.5. The highest BCUT2D eigenvalue weighted by atomic mass is 16.5. The van der Waals surface area contributed by atoms with Crippen molar-refractivity contribution in [2.75, 3.05) is 33.9 Å². The van der Waals surface area contributed by atoms with Crippen molar-refractivity contribution in [3.05, 3.63) is 64.4 Å². The average molecular weight is 506 g/mol. The number of fused-ring (bicyclic) bond motifs is 3. The number of rotatable bonds is 5. The number of amides is 2. The van der Waals surface area contributed by atoms with Crippen molar-refractivity contribution in [3.63, 3.8) is 0 Å². The molecule has 0 bridgehead atoms. The van der Waals surface area contributed by atoms with Gasteiger partial charge in [0.15, 0.2) is 0 Å². The van der Waals surface area contributed by atoms with Crippen LogP contribution >= 0.6 is 0 Å². The lowest BCUT2D eigenvalue weighted by Crippen LogP contribution is -2.53. The van der Waals surface area contributed by atoms with E-state index in [-0.39, 0.29) is 22.7 Å². The van der Waals surface area contributed by atoms with Crippen LogP contribution in [0.25, 0.3) is 0 Å². The highest BCUT2D eigenvalue weighted by Crippen LogP contribution is 2.49. The van der Waals surface area contributed by atoms with E-state index in [1.165, 1.54) is 5.56 Å². The Labute approximate surface area is 220 Å². The van der Waals surface area contributed by atoms with E-state index in [4.69, 9.17) is 9.47 Å². The van der Waals surface area contributed by atoms with Crippen LogP contribution in [0.5, 0.6) is 17.2 Å². The first-order chi connectivity index (χ1) is 17.6. The molecule has 0 aliphatic carbocycles. The number of carbonyl (C=O) groups excluding carboxylic acids is 1. The van der Waals surface area contributed by atoms with E-state index >= 15 is 0 Å². The van der Waals surface area contributed by atoms with Crippen LogP contribution in [0.3, 0.4) is 0 Å². The molecule has 5 rings (SSSR count). The first-order valence-corrected chi connectivity index (χ1v) is 13.2. The Morgan fingerprint density at radius 2 is 1.65 bits per heavy atom. The molecular formula is C30H39N3O4. The Hall–Kier alpha value is -3.19. The third-order valence-electron chi connectivity index (χ3n) is 8.50. The number of hydrogen-bond acceptors (Lipinski definition) is 5. The molecule has 0 unspecified atom stereocenters. The van der Waals surface area contributed by atoms with Crippen LogP contribution in [-0.2, 0) is 18.5 Å². The summed E-state index contributed by atoms with van der Waals surface area (Å²) in [5.74, 6) is 1.88. The molecule has 3 aliphatic heterocycles. The minimum absolute atomic E-state index is 0.0726. The standard InChI is InChI=1S/C30H39N3O4/c1-7-33-28(35)32-19-22-15-26(34)20(2)12-25(22)29(3,4)17-27(32)30(33)8-10-31(11-9-30)18-21-13-23(36-5)16-24(14-21)37-6/h12-17,34H,7-11,18-19H2,1-6H3. The predicted octanol–water partition coefficient (Wildman–Crippen LogP) is 5.19. The molecule has 2 aromatic carbocycles. The second kappa shape index (κ2) is 9.28. The molecule has 2 saturated heterocycles. The van der Waals surface area contributed by atoms with E-state index in [0.717, 1.165) is 66.4 Å². The minimum atomic E-state index is -0.315. The molecule has 7 heteroatoms. The molecule has 3 heterocycles. The SMILES string of the molecule is CCN1C(=O)N2Cc3cc(O)c(C)cc3C(C)(C)C=C2C12CCN(Cc1cc(OC)cc(OC)c1)CC2. The molecule has 2 aromatic rings. The Bertz CT molecular complexity index is 1220. The van der Waals surface area contributed by atoms with Crippen LogP contribution in [-0.4, -0.2) is 65.2 Å². The molecule has 1 N–H and O–H groups in total. The van der Waals surface area contributed by atoms with Crippen molar-refractivity contribution in [2.45, 2.75) is 64.6 Å². The molecular weight excluding hydrogens is 466 g/mol. The number of benzene rings is 2. The van der Waals surface area contributed by atoms with Gasteiger partial charge in [-0.05, 0) is 67.1 Å². The number of methoxy groups -OCH3 is 2. The van der Waals surface area contributed by atoms with E-state index in [1.807, 2.05) is 24.0 Å². The lowest BCUT2D eigenvalue weighted by Gasteiger charge is -2.44. The fourth-order valence-electron chi connectivity index (χ4n) is 6.51. The van der Waals surface area contributed by atoms with Gasteiger partial charge in [-0.15, -0.1) is 0 Å². The van der Waals surface area contributed by atoms with E-state index < -0.39 is 0 Å². The van der Waals surface area contributed by atoms with E-state index in [2.05, 4.69) is 54.8 Å². The third-order valence-corrected chi connectivity index (χ3v) is 8.50. The first-order valence-electron chi connectivity index (χ1n) is 13.2. The minimum Gasteiger partial charge on any atom is -0.508 e. The maximum Gasteiger partial charge on any atom is 0.325 e. The van der Waals surface area contributed by atoms with Gasteiger partial charge < -0.3 is 19.5 Å². The van der Waals surface area contributed by atoms with E-state index in [1.54, 1.807) is 14.2 Å². The van der Waals surface area contributed by atoms with E-state index in [9.17, 15) is 9.90 Å². The van der Waals surface area contributed by atoms with Crippen LogP contribution < -0.4 is 9.47 Å². The fraction of sp³-hybridized carbons (Fsp3) is 0.500. The second-order valence-corrected chi connectivity index (χ2v) is 11.2. The number of allylic oxidation sites excluding steroid dienone is 1. The number of aromatic hydroxyl groups is 1. The Kier molecular flexibility index (Phi) is 6.39. The molecule has 2 amide bonds. The van der Waals surface area contributed by atoms with Crippen LogP contribution in [0.1, 0.15) is 55.9 Å². The fourth-order valence-corrected chi connectivity index (χ4v) is 6.51. The topological polar surface area (TPSA) is 65.5 Å². The summed E-state index contributed by atoms with van der Waals surface area (Å²) in [5.41, 5.74) is 4.77. The van der Waals surface area contributed by atoms with Gasteiger partial charge in [0.1, 0.15) is 17.2 Å². The predicted molar refractivity (Wildman–Crippen MR) is 144 cm³/mol. The van der Waals surface area contributed by atoms with Crippen molar-refractivity contribution in [2.24, 2.45) is 0 Å². The summed E-state index contributed by atoms with van der Waals surface area (Å²) in [4.78, 5) is 20.3. The van der Waals surface area contributed by atoms with Crippen LogP contribution in [0, 0.1) is 6.92 Å². The normalized spacial score (nSPS) is 20.4. The van der Waals surface area contributed by atoms with Gasteiger partial charge in [0.2, 0.25) is 0 Å². The molecule has 0 aromatic heterocycles. The number of ether oxygens (including phenoxy) is 2. The molecule has 3 aliphatic rings. The number of phenolic OH excluding ortho intramolecular Hbond substituents is 1. The monoisotopic (exact) mass is 505 g/mol. The Morgan fingerprint density at radius 1 is 1.00 bits per heavy atom. The van der Waals surface area contributed by atoms with Gasteiger partial charge >= 0.3 is 6.03 Å². The van der Waals surface area contributed by atoms with Crippen molar-refractivity contribution in [1.29, 1.82) is 0 Å². The number of piperidine rings is 1.